The van der Waals surface area contributed by atoms with Crippen LogP contribution >= 0.6 is 0 Å². The van der Waals surface area contributed by atoms with Crippen LogP contribution in [0.15, 0.2) is 42.5 Å². The Morgan fingerprint density at radius 3 is 2.08 bits per heavy atom. The van der Waals surface area contributed by atoms with Crippen molar-refractivity contribution >= 4 is 21.6 Å². The lowest BCUT2D eigenvalue weighted by Crippen LogP contribution is -2.41. The van der Waals surface area contributed by atoms with E-state index < -0.39 is 10.0 Å². The second kappa shape index (κ2) is 7.91. The van der Waals surface area contributed by atoms with E-state index in [0.29, 0.717) is 12.2 Å². The van der Waals surface area contributed by atoms with Gasteiger partial charge < -0.3 is 4.90 Å². The molecule has 0 heterocycles. The average molecular weight is 375 g/mol. The number of anilines is 1. The Kier molecular flexibility index (Phi) is 6.08. The molecule has 2 aromatic carbocycles. The predicted molar refractivity (Wildman–Crippen MR) is 106 cm³/mol. The van der Waals surface area contributed by atoms with Crippen molar-refractivity contribution in [3.8, 4) is 0 Å². The molecule has 0 unspecified atom stereocenters. The van der Waals surface area contributed by atoms with Gasteiger partial charge >= 0.3 is 0 Å². The molecule has 0 radical (unpaired) electrons. The summed E-state index contributed by atoms with van der Waals surface area (Å²) >= 11 is 0. The maximum atomic E-state index is 12.6. The molecule has 1 amide bonds. The summed E-state index contributed by atoms with van der Waals surface area (Å²) in [4.78, 5) is 14.2. The fourth-order valence-corrected chi connectivity index (χ4v) is 3.67. The Labute approximate surface area is 156 Å². The Hall–Kier alpha value is -2.34. The number of sulfonamides is 1. The molecular weight excluding hydrogens is 348 g/mol. The predicted octanol–water partition coefficient (Wildman–Crippen LogP) is 3.04. The number of amides is 1. The van der Waals surface area contributed by atoms with E-state index in [4.69, 9.17) is 0 Å². The number of aryl methyl sites for hydroxylation is 3. The maximum Gasteiger partial charge on any atom is 0.243 e. The number of rotatable bonds is 6. The quantitative estimate of drug-likeness (QED) is 0.781. The lowest BCUT2D eigenvalue weighted by Gasteiger charge is -2.26. The first-order valence-electron chi connectivity index (χ1n) is 8.42. The second-order valence-electron chi connectivity index (χ2n) is 6.79. The van der Waals surface area contributed by atoms with Crippen molar-refractivity contribution < 1.29 is 13.2 Å². The van der Waals surface area contributed by atoms with Gasteiger partial charge in [0.25, 0.3) is 0 Å². The number of hydrogen-bond donors (Lipinski definition) is 0. The molecule has 26 heavy (non-hydrogen) atoms. The van der Waals surface area contributed by atoms with Crippen LogP contribution in [-0.4, -0.2) is 39.1 Å². The van der Waals surface area contributed by atoms with Gasteiger partial charge in [-0.1, -0.05) is 47.5 Å². The minimum absolute atomic E-state index is 0.217. The highest BCUT2D eigenvalue weighted by atomic mass is 32.2. The van der Waals surface area contributed by atoms with Crippen LogP contribution in [0.4, 0.5) is 5.69 Å². The van der Waals surface area contributed by atoms with E-state index in [-0.39, 0.29) is 12.5 Å². The van der Waals surface area contributed by atoms with Crippen molar-refractivity contribution in [1.82, 2.24) is 4.90 Å². The first kappa shape index (κ1) is 20.0. The van der Waals surface area contributed by atoms with Crippen LogP contribution in [0.25, 0.3) is 0 Å². The topological polar surface area (TPSA) is 57.7 Å². The van der Waals surface area contributed by atoms with E-state index in [1.165, 1.54) is 4.31 Å². The van der Waals surface area contributed by atoms with Crippen molar-refractivity contribution in [2.45, 2.75) is 27.3 Å². The summed E-state index contributed by atoms with van der Waals surface area (Å²) < 4.78 is 25.7. The van der Waals surface area contributed by atoms with Crippen molar-refractivity contribution in [1.29, 1.82) is 0 Å². The van der Waals surface area contributed by atoms with Crippen LogP contribution in [0.3, 0.4) is 0 Å². The molecule has 0 aromatic heterocycles. The molecule has 0 saturated carbocycles. The van der Waals surface area contributed by atoms with Gasteiger partial charge in [0.15, 0.2) is 0 Å². The lowest BCUT2D eigenvalue weighted by molar-refractivity contribution is -0.128. The Bertz CT molecular complexity index is 890. The summed E-state index contributed by atoms with van der Waals surface area (Å²) in [5.41, 5.74) is 4.56. The van der Waals surface area contributed by atoms with Crippen LogP contribution in [0, 0.1) is 20.8 Å². The van der Waals surface area contributed by atoms with E-state index in [0.717, 1.165) is 28.5 Å². The maximum absolute atomic E-state index is 12.6. The molecule has 2 aromatic rings. The van der Waals surface area contributed by atoms with Crippen molar-refractivity contribution in [3.05, 3.63) is 64.7 Å². The summed E-state index contributed by atoms with van der Waals surface area (Å²) in [7, 11) is -1.89. The van der Waals surface area contributed by atoms with E-state index in [1.807, 2.05) is 57.2 Å². The summed E-state index contributed by atoms with van der Waals surface area (Å²) in [6.07, 6.45) is 1.12. The third-order valence-corrected chi connectivity index (χ3v) is 5.39. The number of hydrogen-bond acceptors (Lipinski definition) is 3. The molecule has 0 aliphatic carbocycles. The minimum atomic E-state index is -3.57. The van der Waals surface area contributed by atoms with Crippen LogP contribution in [-0.2, 0) is 21.4 Å². The summed E-state index contributed by atoms with van der Waals surface area (Å²) in [6.45, 7) is 6.02. The number of benzene rings is 2. The lowest BCUT2D eigenvalue weighted by atomic mass is 10.1. The minimum Gasteiger partial charge on any atom is -0.340 e. The van der Waals surface area contributed by atoms with Gasteiger partial charge in [-0.3, -0.25) is 9.10 Å². The fourth-order valence-electron chi connectivity index (χ4n) is 2.77. The zero-order valence-electron chi connectivity index (χ0n) is 16.0. The van der Waals surface area contributed by atoms with E-state index >= 15 is 0 Å². The van der Waals surface area contributed by atoms with Crippen molar-refractivity contribution in [3.63, 3.8) is 0 Å². The Morgan fingerprint density at radius 1 is 0.962 bits per heavy atom. The molecule has 0 N–H and O–H groups in total. The third-order valence-electron chi connectivity index (χ3n) is 4.27. The molecule has 0 saturated heterocycles. The molecule has 0 aliphatic heterocycles. The standard InChI is InChI=1S/C20H26N2O3S/c1-15-6-9-18(10-7-15)13-21(4)20(23)14-22(26(5,24)25)19-11-8-16(2)12-17(19)3/h6-12H,13-14H2,1-5H3. The molecule has 5 nitrogen and oxygen atoms in total. The van der Waals surface area contributed by atoms with Gasteiger partial charge in [-0.25, -0.2) is 8.42 Å². The zero-order chi connectivity index (χ0) is 19.5. The number of nitrogens with zero attached hydrogens (tertiary/aromatic N) is 2. The summed E-state index contributed by atoms with van der Waals surface area (Å²) in [5, 5.41) is 0. The third kappa shape index (κ3) is 5.08. The van der Waals surface area contributed by atoms with Crippen LogP contribution in [0.5, 0.6) is 0 Å². The molecule has 6 heteroatoms. The van der Waals surface area contributed by atoms with Crippen LogP contribution in [0.1, 0.15) is 22.3 Å². The molecule has 140 valence electrons. The van der Waals surface area contributed by atoms with Gasteiger partial charge in [0.2, 0.25) is 15.9 Å². The monoisotopic (exact) mass is 374 g/mol. The molecule has 0 spiro atoms. The first-order chi connectivity index (χ1) is 12.1. The Morgan fingerprint density at radius 2 is 1.54 bits per heavy atom. The zero-order valence-corrected chi connectivity index (χ0v) is 16.8. The smallest absolute Gasteiger partial charge is 0.243 e. The normalized spacial score (nSPS) is 11.3. The number of likely N-dealkylation sites (N-methyl/N-ethyl adjacent to an activating group) is 1. The van der Waals surface area contributed by atoms with Gasteiger partial charge in [-0.05, 0) is 38.0 Å². The SMILES string of the molecule is Cc1ccc(CN(C)C(=O)CN(c2ccc(C)cc2C)S(C)(=O)=O)cc1. The number of carbonyl (C=O) groups excluding carboxylic acids is 1. The highest BCUT2D eigenvalue weighted by molar-refractivity contribution is 7.92. The molecule has 0 bridgehead atoms. The largest absolute Gasteiger partial charge is 0.340 e. The molecular formula is C20H26N2O3S. The van der Waals surface area contributed by atoms with Gasteiger partial charge in [-0.2, -0.15) is 0 Å². The number of carbonyl (C=O) groups is 1. The highest BCUT2D eigenvalue weighted by Gasteiger charge is 2.24. The molecule has 2 rings (SSSR count). The van der Waals surface area contributed by atoms with E-state index in [9.17, 15) is 13.2 Å². The highest BCUT2D eigenvalue weighted by Crippen LogP contribution is 2.23. The average Bonchev–Trinajstić information content (AvgIpc) is 2.54. The van der Waals surface area contributed by atoms with Crippen LogP contribution in [0.2, 0.25) is 0 Å². The summed E-state index contributed by atoms with van der Waals surface area (Å²) in [5.74, 6) is -0.254. The fraction of sp³-hybridized carbons (Fsp3) is 0.350. The van der Waals surface area contributed by atoms with Gasteiger partial charge in [0.05, 0.1) is 11.9 Å². The van der Waals surface area contributed by atoms with Crippen molar-refractivity contribution in [2.24, 2.45) is 0 Å². The first-order valence-corrected chi connectivity index (χ1v) is 10.3. The van der Waals surface area contributed by atoms with Gasteiger partial charge in [0, 0.05) is 13.6 Å². The van der Waals surface area contributed by atoms with Gasteiger partial charge in [0.1, 0.15) is 6.54 Å². The van der Waals surface area contributed by atoms with E-state index in [2.05, 4.69) is 0 Å². The Balaban J connectivity index is 2.20. The molecule has 0 atom stereocenters. The second-order valence-corrected chi connectivity index (χ2v) is 8.70. The molecule has 0 aliphatic rings. The van der Waals surface area contributed by atoms with Crippen LogP contribution < -0.4 is 4.31 Å². The van der Waals surface area contributed by atoms with Crippen molar-refractivity contribution in [2.75, 3.05) is 24.2 Å². The van der Waals surface area contributed by atoms with Gasteiger partial charge in [-0.15, -0.1) is 0 Å². The molecule has 0 fully saturated rings. The summed E-state index contributed by atoms with van der Waals surface area (Å²) in [6, 6.07) is 13.4. The van der Waals surface area contributed by atoms with E-state index in [1.54, 1.807) is 18.0 Å².